The molecule has 0 bridgehead atoms. The Morgan fingerprint density at radius 2 is 1.96 bits per heavy atom. The van der Waals surface area contributed by atoms with Gasteiger partial charge in [-0.25, -0.2) is 4.79 Å². The molecule has 2 heterocycles. The third-order valence-corrected chi connectivity index (χ3v) is 5.05. The molecule has 0 radical (unpaired) electrons. The topological polar surface area (TPSA) is 81.8 Å². The van der Waals surface area contributed by atoms with Crippen molar-refractivity contribution >= 4 is 23.5 Å². The van der Waals surface area contributed by atoms with Gasteiger partial charge in [0.05, 0.1) is 6.04 Å². The first-order valence-corrected chi connectivity index (χ1v) is 9.81. The highest BCUT2D eigenvalue weighted by molar-refractivity contribution is 5.97. The lowest BCUT2D eigenvalue weighted by molar-refractivity contribution is -0.127. The van der Waals surface area contributed by atoms with Crippen LogP contribution < -0.4 is 10.6 Å². The Morgan fingerprint density at radius 1 is 1.19 bits per heavy atom. The number of rotatable bonds is 5. The van der Waals surface area contributed by atoms with E-state index >= 15 is 0 Å². The Kier molecular flexibility index (Phi) is 6.32. The van der Waals surface area contributed by atoms with Gasteiger partial charge in [-0.1, -0.05) is 13.0 Å². The maximum Gasteiger partial charge on any atom is 0.319 e. The van der Waals surface area contributed by atoms with Crippen molar-refractivity contribution in [1.82, 2.24) is 15.1 Å². The van der Waals surface area contributed by atoms with E-state index in [2.05, 4.69) is 10.6 Å². The van der Waals surface area contributed by atoms with E-state index in [1.165, 1.54) is 6.42 Å². The van der Waals surface area contributed by atoms with Gasteiger partial charge in [-0.05, 0) is 43.9 Å². The van der Waals surface area contributed by atoms with E-state index in [1.54, 1.807) is 29.2 Å². The summed E-state index contributed by atoms with van der Waals surface area (Å²) in [6.07, 6.45) is 4.50. The molecule has 1 aromatic rings. The van der Waals surface area contributed by atoms with Crippen molar-refractivity contribution in [2.45, 2.75) is 45.1 Å². The number of likely N-dealkylation sites (tertiary alicyclic amines) is 2. The summed E-state index contributed by atoms with van der Waals surface area (Å²) in [7, 11) is 0. The van der Waals surface area contributed by atoms with Crippen molar-refractivity contribution in [1.29, 1.82) is 0 Å². The van der Waals surface area contributed by atoms with Crippen LogP contribution in [0, 0.1) is 0 Å². The molecule has 1 atom stereocenters. The van der Waals surface area contributed by atoms with Crippen LogP contribution in [0.3, 0.4) is 0 Å². The minimum atomic E-state index is -0.353. The Bertz CT molecular complexity index is 700. The number of carbonyl (C=O) groups excluding carboxylic acids is 3. The number of urea groups is 1. The smallest absolute Gasteiger partial charge is 0.319 e. The van der Waals surface area contributed by atoms with Gasteiger partial charge in [0, 0.05) is 43.9 Å². The lowest BCUT2D eigenvalue weighted by Gasteiger charge is -2.26. The summed E-state index contributed by atoms with van der Waals surface area (Å²) >= 11 is 0. The Morgan fingerprint density at radius 3 is 2.70 bits per heavy atom. The summed E-state index contributed by atoms with van der Waals surface area (Å²) in [4.78, 5) is 40.4. The van der Waals surface area contributed by atoms with Gasteiger partial charge in [0.25, 0.3) is 5.91 Å². The SMILES string of the molecule is CCCN1C[C@H](NC(=O)Nc2cccc(C(=O)N3CCCCC3)c2)CC1=O. The molecule has 2 aliphatic rings. The standard InChI is InChI=1S/C20H28N4O3/c1-2-9-24-14-17(13-18(24)25)22-20(27)21-16-8-6-7-15(12-16)19(26)23-10-4-3-5-11-23/h6-8,12,17H,2-5,9-11,13-14H2,1H3,(H2,21,22,27)/t17-/m1/s1. The van der Waals surface area contributed by atoms with Gasteiger partial charge in [0.1, 0.15) is 0 Å². The van der Waals surface area contributed by atoms with E-state index in [4.69, 9.17) is 0 Å². The van der Waals surface area contributed by atoms with Crippen molar-refractivity contribution in [3.05, 3.63) is 29.8 Å². The van der Waals surface area contributed by atoms with E-state index < -0.39 is 0 Å². The van der Waals surface area contributed by atoms with Crippen molar-refractivity contribution < 1.29 is 14.4 Å². The molecule has 0 saturated carbocycles. The third kappa shape index (κ3) is 4.99. The number of benzene rings is 1. The summed E-state index contributed by atoms with van der Waals surface area (Å²) in [6.45, 7) is 4.88. The van der Waals surface area contributed by atoms with Gasteiger partial charge in [0.15, 0.2) is 0 Å². The second-order valence-corrected chi connectivity index (χ2v) is 7.27. The van der Waals surface area contributed by atoms with Crippen molar-refractivity contribution in [2.75, 3.05) is 31.5 Å². The molecule has 2 N–H and O–H groups in total. The normalized spacial score (nSPS) is 19.9. The second kappa shape index (κ2) is 8.88. The average Bonchev–Trinajstić information content (AvgIpc) is 3.01. The van der Waals surface area contributed by atoms with E-state index in [1.807, 2.05) is 11.8 Å². The first-order valence-electron chi connectivity index (χ1n) is 9.81. The monoisotopic (exact) mass is 372 g/mol. The van der Waals surface area contributed by atoms with Gasteiger partial charge in [-0.3, -0.25) is 9.59 Å². The number of carbonyl (C=O) groups is 3. The van der Waals surface area contributed by atoms with Gasteiger partial charge in [0.2, 0.25) is 5.91 Å². The fraction of sp³-hybridized carbons (Fsp3) is 0.550. The number of hydrogen-bond donors (Lipinski definition) is 2. The number of nitrogens with zero attached hydrogens (tertiary/aromatic N) is 2. The molecule has 7 heteroatoms. The van der Waals surface area contributed by atoms with Crippen molar-refractivity contribution in [2.24, 2.45) is 0 Å². The number of nitrogens with one attached hydrogen (secondary N) is 2. The first kappa shape index (κ1) is 19.2. The minimum absolute atomic E-state index is 0.00959. The molecule has 7 nitrogen and oxygen atoms in total. The van der Waals surface area contributed by atoms with E-state index in [0.717, 1.165) is 38.9 Å². The molecule has 146 valence electrons. The highest BCUT2D eigenvalue weighted by Gasteiger charge is 2.29. The Labute approximate surface area is 160 Å². The summed E-state index contributed by atoms with van der Waals surface area (Å²) in [6, 6.07) is 6.48. The molecule has 2 aliphatic heterocycles. The van der Waals surface area contributed by atoms with Crippen LogP contribution in [-0.4, -0.2) is 59.9 Å². The molecule has 4 amide bonds. The van der Waals surface area contributed by atoms with E-state index in [0.29, 0.717) is 24.2 Å². The zero-order valence-electron chi connectivity index (χ0n) is 15.9. The van der Waals surface area contributed by atoms with E-state index in [9.17, 15) is 14.4 Å². The number of piperidine rings is 1. The van der Waals surface area contributed by atoms with E-state index in [-0.39, 0.29) is 23.9 Å². The highest BCUT2D eigenvalue weighted by Crippen LogP contribution is 2.17. The van der Waals surface area contributed by atoms with Gasteiger partial charge < -0.3 is 20.4 Å². The van der Waals surface area contributed by atoms with Crippen LogP contribution in [0.25, 0.3) is 0 Å². The maximum atomic E-state index is 12.6. The minimum Gasteiger partial charge on any atom is -0.341 e. The zero-order valence-corrected chi connectivity index (χ0v) is 15.9. The molecule has 2 fully saturated rings. The van der Waals surface area contributed by atoms with Crippen LogP contribution in [0.2, 0.25) is 0 Å². The molecule has 3 rings (SSSR count). The lowest BCUT2D eigenvalue weighted by Crippen LogP contribution is -2.39. The summed E-state index contributed by atoms with van der Waals surface area (Å²) in [5.74, 6) is 0.0895. The molecule has 1 aromatic carbocycles. The predicted molar refractivity (Wildman–Crippen MR) is 104 cm³/mol. The summed E-state index contributed by atoms with van der Waals surface area (Å²) < 4.78 is 0. The lowest BCUT2D eigenvalue weighted by atomic mass is 10.1. The predicted octanol–water partition coefficient (Wildman–Crippen LogP) is 2.45. The zero-order chi connectivity index (χ0) is 19.2. The fourth-order valence-electron chi connectivity index (χ4n) is 3.72. The largest absolute Gasteiger partial charge is 0.341 e. The molecular formula is C20H28N4O3. The molecule has 0 aliphatic carbocycles. The van der Waals surface area contributed by atoms with Crippen LogP contribution in [0.15, 0.2) is 24.3 Å². The summed E-state index contributed by atoms with van der Waals surface area (Å²) in [5, 5.41) is 5.63. The van der Waals surface area contributed by atoms with Crippen LogP contribution >= 0.6 is 0 Å². The molecule has 0 unspecified atom stereocenters. The fourth-order valence-corrected chi connectivity index (χ4v) is 3.72. The van der Waals surface area contributed by atoms with Gasteiger partial charge >= 0.3 is 6.03 Å². The highest BCUT2D eigenvalue weighted by atomic mass is 16.2. The average molecular weight is 372 g/mol. The van der Waals surface area contributed by atoms with Gasteiger partial charge in [-0.2, -0.15) is 0 Å². The van der Waals surface area contributed by atoms with Crippen molar-refractivity contribution in [3.63, 3.8) is 0 Å². The van der Waals surface area contributed by atoms with Crippen molar-refractivity contribution in [3.8, 4) is 0 Å². The first-order chi connectivity index (χ1) is 13.1. The van der Waals surface area contributed by atoms with Crippen LogP contribution in [0.4, 0.5) is 10.5 Å². The third-order valence-electron chi connectivity index (χ3n) is 5.05. The molecule has 27 heavy (non-hydrogen) atoms. The summed E-state index contributed by atoms with van der Waals surface area (Å²) in [5.41, 5.74) is 1.16. The number of hydrogen-bond acceptors (Lipinski definition) is 3. The molecule has 2 saturated heterocycles. The molecule has 0 aromatic heterocycles. The number of amides is 4. The Hall–Kier alpha value is -2.57. The van der Waals surface area contributed by atoms with Crippen LogP contribution in [-0.2, 0) is 4.79 Å². The maximum absolute atomic E-state index is 12.6. The number of anilines is 1. The second-order valence-electron chi connectivity index (χ2n) is 7.27. The van der Waals surface area contributed by atoms with Crippen LogP contribution in [0.1, 0.15) is 49.4 Å². The quantitative estimate of drug-likeness (QED) is 0.833. The molecular weight excluding hydrogens is 344 g/mol. The molecule has 0 spiro atoms. The Balaban J connectivity index is 1.55. The van der Waals surface area contributed by atoms with Gasteiger partial charge in [-0.15, -0.1) is 0 Å². The van der Waals surface area contributed by atoms with Crippen LogP contribution in [0.5, 0.6) is 0 Å².